The van der Waals surface area contributed by atoms with Gasteiger partial charge in [-0.15, -0.1) is 0 Å². The first-order chi connectivity index (χ1) is 27.0. The molecule has 288 valence electrons. The molecule has 8 bridgehead atoms. The average molecular weight is 759 g/mol. The van der Waals surface area contributed by atoms with Gasteiger partial charge < -0.3 is 29.9 Å². The quantitative estimate of drug-likeness (QED) is 0.142. The predicted molar refractivity (Wildman–Crippen MR) is 201 cm³/mol. The SMILES string of the molecule is COc1ccc(C2C3(C(=O)O)C4N(CCc5ccccc5)C5C2(C(=O)O)C2N(CCc6ccccc6)C3C4(C(=O)O)C(c3ccc(OC)cc3)C52C(=O)O)cc1. The molecule has 0 amide bonds. The van der Waals surface area contributed by atoms with Crippen LogP contribution >= 0.6 is 0 Å². The zero-order valence-corrected chi connectivity index (χ0v) is 30.8. The molecule has 6 aliphatic rings. The zero-order valence-electron chi connectivity index (χ0n) is 30.8. The van der Waals surface area contributed by atoms with Crippen molar-refractivity contribution in [2.75, 3.05) is 27.3 Å². The Morgan fingerprint density at radius 2 is 0.768 bits per heavy atom. The first kappa shape index (κ1) is 35.9. The van der Waals surface area contributed by atoms with Crippen molar-refractivity contribution in [2.24, 2.45) is 21.7 Å². The van der Waals surface area contributed by atoms with Crippen LogP contribution in [0.15, 0.2) is 109 Å². The molecule has 6 fully saturated rings. The van der Waals surface area contributed by atoms with Crippen molar-refractivity contribution in [3.8, 4) is 11.5 Å². The molecule has 12 heteroatoms. The van der Waals surface area contributed by atoms with Crippen molar-refractivity contribution in [1.29, 1.82) is 0 Å². The van der Waals surface area contributed by atoms with E-state index in [0.717, 1.165) is 11.1 Å². The Bertz CT molecular complexity index is 1980. The molecule has 4 aromatic rings. The van der Waals surface area contributed by atoms with Crippen LogP contribution < -0.4 is 9.47 Å². The van der Waals surface area contributed by atoms with Gasteiger partial charge in [-0.2, -0.15) is 0 Å². The molecule has 0 aromatic heterocycles. The fraction of sp³-hybridized carbons (Fsp3) is 0.364. The molecule has 0 radical (unpaired) electrons. The molecule has 4 saturated heterocycles. The lowest BCUT2D eigenvalue weighted by Gasteiger charge is -2.94. The lowest BCUT2D eigenvalue weighted by molar-refractivity contribution is -0.443. The maximum Gasteiger partial charge on any atom is 0.313 e. The van der Waals surface area contributed by atoms with Crippen LogP contribution in [-0.4, -0.2) is 106 Å². The number of benzene rings is 4. The Hall–Kier alpha value is -5.72. The topological polar surface area (TPSA) is 174 Å². The summed E-state index contributed by atoms with van der Waals surface area (Å²) in [5.74, 6) is -6.84. The number of piperidine rings is 4. The van der Waals surface area contributed by atoms with Gasteiger partial charge in [0.05, 0.1) is 14.2 Å². The monoisotopic (exact) mass is 758 g/mol. The fourth-order valence-corrected chi connectivity index (χ4v) is 13.0. The van der Waals surface area contributed by atoms with Crippen LogP contribution in [0.3, 0.4) is 0 Å². The van der Waals surface area contributed by atoms with Crippen molar-refractivity contribution < 1.29 is 49.1 Å². The summed E-state index contributed by atoms with van der Waals surface area (Å²) >= 11 is 0. The number of ether oxygens (including phenoxy) is 2. The Kier molecular flexibility index (Phi) is 7.96. The molecular formula is C44H42N2O10. The molecule has 0 unspecified atom stereocenters. The Morgan fingerprint density at radius 3 is 1.02 bits per heavy atom. The number of hydrogen-bond donors (Lipinski definition) is 4. The molecule has 4 aromatic carbocycles. The minimum atomic E-state index is -1.98. The van der Waals surface area contributed by atoms with Crippen molar-refractivity contribution in [3.05, 3.63) is 131 Å². The van der Waals surface area contributed by atoms with E-state index in [1.54, 1.807) is 58.3 Å². The van der Waals surface area contributed by atoms with Gasteiger partial charge in [0.15, 0.2) is 0 Å². The van der Waals surface area contributed by atoms with Crippen LogP contribution in [0.4, 0.5) is 0 Å². The first-order valence-electron chi connectivity index (χ1n) is 18.8. The molecule has 56 heavy (non-hydrogen) atoms. The second-order valence-electron chi connectivity index (χ2n) is 15.9. The molecule has 12 nitrogen and oxygen atoms in total. The summed E-state index contributed by atoms with van der Waals surface area (Å²) in [4.78, 5) is 61.9. The largest absolute Gasteiger partial charge is 0.497 e. The maximum absolute atomic E-state index is 14.6. The summed E-state index contributed by atoms with van der Waals surface area (Å²) in [5.41, 5.74) is -5.41. The predicted octanol–water partition coefficient (Wildman–Crippen LogP) is 4.49. The standard InChI is InChI=1S/C44H42N2O10/c1-55-29-17-13-27(14-18-29)31-41(37(47)48)33-43(39(51)52)32(28-15-19-30(56-2)20-16-28)44(40(53)54)34(45(33)23-21-25-9-5-3-6-10-25)42(31,38(49)50)36(44)46(35(41)43)24-22-26-11-7-4-8-12-26/h3-20,31-36H,21-24H2,1-2H3,(H,47,48)(H,49,50)(H,51,52)(H,53,54). The normalized spacial score (nSPS) is 34.5. The minimum absolute atomic E-state index is 0.0571. The highest BCUT2D eigenvalue weighted by molar-refractivity contribution is 6.01. The molecule has 4 aliphatic heterocycles. The molecule has 0 atom stereocenters. The third kappa shape index (κ3) is 4.00. The summed E-state index contributed by atoms with van der Waals surface area (Å²) in [6, 6.07) is 26.8. The van der Waals surface area contributed by atoms with Gasteiger partial charge >= 0.3 is 23.9 Å². The van der Waals surface area contributed by atoms with Gasteiger partial charge in [0.25, 0.3) is 0 Å². The second-order valence-corrected chi connectivity index (χ2v) is 15.9. The highest BCUT2D eigenvalue weighted by atomic mass is 16.5. The van der Waals surface area contributed by atoms with E-state index < -0.39 is 81.5 Å². The van der Waals surface area contributed by atoms with Gasteiger partial charge in [0, 0.05) is 49.1 Å². The maximum atomic E-state index is 14.6. The summed E-state index contributed by atoms with van der Waals surface area (Å²) < 4.78 is 10.8. The lowest BCUT2D eigenvalue weighted by Crippen LogP contribution is -3.09. The van der Waals surface area contributed by atoms with Gasteiger partial charge in [-0.3, -0.25) is 29.0 Å². The van der Waals surface area contributed by atoms with Crippen LogP contribution in [0.25, 0.3) is 0 Å². The number of carboxylic acids is 4. The summed E-state index contributed by atoms with van der Waals surface area (Å²) in [5, 5.41) is 47.6. The van der Waals surface area contributed by atoms with E-state index in [4.69, 9.17) is 9.47 Å². The number of rotatable bonds is 14. The first-order valence-corrected chi connectivity index (χ1v) is 18.8. The number of carboxylic acid groups (broad SMARTS) is 4. The van der Waals surface area contributed by atoms with Crippen molar-refractivity contribution in [3.63, 3.8) is 0 Å². The van der Waals surface area contributed by atoms with Crippen LogP contribution in [-0.2, 0) is 32.0 Å². The highest BCUT2D eigenvalue weighted by Crippen LogP contribution is 2.92. The van der Waals surface area contributed by atoms with Crippen molar-refractivity contribution >= 4 is 23.9 Å². The molecule has 4 N–H and O–H groups in total. The number of hydrogen-bond acceptors (Lipinski definition) is 8. The number of nitrogens with zero attached hydrogens (tertiary/aromatic N) is 2. The van der Waals surface area contributed by atoms with Crippen LogP contribution in [0.5, 0.6) is 11.5 Å². The Balaban J connectivity index is 1.37. The number of carbonyl (C=O) groups is 4. The van der Waals surface area contributed by atoms with Gasteiger partial charge in [-0.1, -0.05) is 84.9 Å². The molecule has 0 spiro atoms. The lowest BCUT2D eigenvalue weighted by atomic mass is 9.15. The summed E-state index contributed by atoms with van der Waals surface area (Å²) in [6.45, 7) is 0.114. The van der Waals surface area contributed by atoms with Gasteiger partial charge in [-0.25, -0.2) is 0 Å². The van der Waals surface area contributed by atoms with Crippen LogP contribution in [0, 0.1) is 21.7 Å². The molecule has 4 heterocycles. The number of aliphatic carboxylic acids is 4. The van der Waals surface area contributed by atoms with Crippen LogP contribution in [0.2, 0.25) is 0 Å². The average Bonchev–Trinajstić information content (AvgIpc) is 3.18. The summed E-state index contributed by atoms with van der Waals surface area (Å²) in [7, 11) is 2.98. The second kappa shape index (κ2) is 12.4. The summed E-state index contributed by atoms with van der Waals surface area (Å²) in [6.07, 6.45) is 0.635. The number of methoxy groups -OCH3 is 2. The molecule has 2 saturated carbocycles. The highest BCUT2D eigenvalue weighted by Gasteiger charge is 3.05. The molecule has 10 rings (SSSR count). The zero-order chi connectivity index (χ0) is 39.4. The third-order valence-corrected chi connectivity index (χ3v) is 14.2. The Labute approximate surface area is 322 Å². The van der Waals surface area contributed by atoms with Gasteiger partial charge in [0.1, 0.15) is 33.2 Å². The molecule has 2 aliphatic carbocycles. The smallest absolute Gasteiger partial charge is 0.313 e. The van der Waals surface area contributed by atoms with E-state index in [1.807, 2.05) is 60.7 Å². The van der Waals surface area contributed by atoms with Crippen LogP contribution in [0.1, 0.15) is 34.1 Å². The van der Waals surface area contributed by atoms with Crippen molar-refractivity contribution in [2.45, 2.75) is 48.8 Å². The van der Waals surface area contributed by atoms with E-state index in [0.29, 0.717) is 35.5 Å². The van der Waals surface area contributed by atoms with E-state index in [9.17, 15) is 39.6 Å². The van der Waals surface area contributed by atoms with E-state index in [-0.39, 0.29) is 13.1 Å². The Morgan fingerprint density at radius 1 is 0.482 bits per heavy atom. The third-order valence-electron chi connectivity index (χ3n) is 14.2. The van der Waals surface area contributed by atoms with E-state index in [2.05, 4.69) is 0 Å². The minimum Gasteiger partial charge on any atom is -0.497 e. The van der Waals surface area contributed by atoms with E-state index >= 15 is 0 Å². The molecular weight excluding hydrogens is 716 g/mol. The van der Waals surface area contributed by atoms with E-state index in [1.165, 1.54) is 14.2 Å². The van der Waals surface area contributed by atoms with Gasteiger partial charge in [-0.05, 0) is 59.4 Å². The van der Waals surface area contributed by atoms with Crippen molar-refractivity contribution in [1.82, 2.24) is 9.80 Å². The fourth-order valence-electron chi connectivity index (χ4n) is 13.0. The van der Waals surface area contributed by atoms with Gasteiger partial charge in [0.2, 0.25) is 0 Å².